The number of nitrogens with zero attached hydrogens (tertiary/aromatic N) is 4. The van der Waals surface area contributed by atoms with E-state index in [1.54, 1.807) is 18.2 Å². The number of aromatic nitrogens is 4. The van der Waals surface area contributed by atoms with Crippen LogP contribution in [0.5, 0.6) is 0 Å². The van der Waals surface area contributed by atoms with Crippen LogP contribution in [0.4, 0.5) is 0 Å². The molecule has 0 atom stereocenters. The van der Waals surface area contributed by atoms with E-state index in [1.165, 1.54) is 49.5 Å². The molecule has 1 aromatic carbocycles. The molecule has 2 N–H and O–H groups in total. The van der Waals surface area contributed by atoms with Gasteiger partial charge in [0.1, 0.15) is 6.33 Å². The van der Waals surface area contributed by atoms with E-state index in [2.05, 4.69) is 26.2 Å². The van der Waals surface area contributed by atoms with Crippen LogP contribution >= 0.6 is 24.0 Å². The number of carbonyl (C=O) groups is 1. The zero-order valence-electron chi connectivity index (χ0n) is 14.5. The molecule has 3 rings (SSSR count). The smallest absolute Gasteiger partial charge is 0.253 e. The molecule has 2 aromatic rings. The van der Waals surface area contributed by atoms with Gasteiger partial charge in [-0.1, -0.05) is 37.3 Å². The molecule has 9 heteroatoms. The number of benzene rings is 1. The quantitative estimate of drug-likeness (QED) is 0.577. The Bertz CT molecular complexity index is 687. The Labute approximate surface area is 164 Å². The van der Waals surface area contributed by atoms with Gasteiger partial charge in [-0.25, -0.2) is 0 Å². The second kappa shape index (κ2) is 10.4. The normalized spacial score (nSPS) is 15.1. The van der Waals surface area contributed by atoms with Crippen molar-refractivity contribution >= 4 is 29.9 Å². The molecule has 0 radical (unpaired) electrons. The van der Waals surface area contributed by atoms with Crippen LogP contribution in [0.3, 0.4) is 0 Å². The van der Waals surface area contributed by atoms with Crippen molar-refractivity contribution in [1.29, 1.82) is 0 Å². The van der Waals surface area contributed by atoms with E-state index in [1.807, 2.05) is 0 Å². The third-order valence-corrected chi connectivity index (χ3v) is 4.73. The summed E-state index contributed by atoms with van der Waals surface area (Å²) >= 11 is 6.05. The molecule has 1 heterocycles. The highest BCUT2D eigenvalue weighted by molar-refractivity contribution is 6.31. The molecule has 142 valence electrons. The number of nitrogens with one attached hydrogen (secondary N) is 2. The highest BCUT2D eigenvalue weighted by atomic mass is 35.5. The maximum Gasteiger partial charge on any atom is 0.253 e. The van der Waals surface area contributed by atoms with Crippen molar-refractivity contribution in [3.8, 4) is 5.69 Å². The number of amides is 1. The van der Waals surface area contributed by atoms with Gasteiger partial charge in [0.25, 0.3) is 5.91 Å². The highest BCUT2D eigenvalue weighted by Crippen LogP contribution is 2.19. The van der Waals surface area contributed by atoms with Crippen molar-refractivity contribution in [2.24, 2.45) is 0 Å². The van der Waals surface area contributed by atoms with Gasteiger partial charge in [-0.05, 0) is 41.5 Å². The molecular formula is C17H24Cl2N6O. The first-order chi connectivity index (χ1) is 12.2. The first-order valence-electron chi connectivity index (χ1n) is 8.78. The van der Waals surface area contributed by atoms with Crippen LogP contribution in [0.2, 0.25) is 5.02 Å². The molecule has 26 heavy (non-hydrogen) atoms. The summed E-state index contributed by atoms with van der Waals surface area (Å²) in [4.78, 5) is 12.5. The van der Waals surface area contributed by atoms with Gasteiger partial charge in [0.15, 0.2) is 0 Å². The van der Waals surface area contributed by atoms with E-state index < -0.39 is 0 Å². The van der Waals surface area contributed by atoms with Crippen LogP contribution in [0.1, 0.15) is 48.9 Å². The van der Waals surface area contributed by atoms with Crippen molar-refractivity contribution in [3.05, 3.63) is 35.1 Å². The van der Waals surface area contributed by atoms with E-state index in [0.29, 0.717) is 28.9 Å². The van der Waals surface area contributed by atoms with E-state index in [9.17, 15) is 4.79 Å². The maximum atomic E-state index is 12.5. The molecule has 0 unspecified atom stereocenters. The molecule has 0 spiro atoms. The Hall–Kier alpha value is -1.70. The molecule has 1 saturated carbocycles. The van der Waals surface area contributed by atoms with Crippen molar-refractivity contribution in [1.82, 2.24) is 30.8 Å². The molecule has 1 amide bonds. The lowest BCUT2D eigenvalue weighted by molar-refractivity contribution is 0.0953. The van der Waals surface area contributed by atoms with Crippen LogP contribution in [-0.2, 0) is 0 Å². The minimum atomic E-state index is -0.185. The third-order valence-electron chi connectivity index (χ3n) is 4.50. The molecule has 1 fully saturated rings. The first-order valence-corrected chi connectivity index (χ1v) is 9.16. The predicted molar refractivity (Wildman–Crippen MR) is 103 cm³/mol. The van der Waals surface area contributed by atoms with Gasteiger partial charge in [-0.3, -0.25) is 4.79 Å². The Kier molecular flexibility index (Phi) is 8.28. The first kappa shape index (κ1) is 20.6. The number of rotatable bonds is 6. The second-order valence-corrected chi connectivity index (χ2v) is 6.75. The maximum absolute atomic E-state index is 12.5. The monoisotopic (exact) mass is 398 g/mol. The SMILES string of the molecule is Cl.O=C(NCCNC1CCCCCC1)c1cc(Cl)ccc1-n1cnnn1. The zero-order chi connectivity index (χ0) is 17.5. The highest BCUT2D eigenvalue weighted by Gasteiger charge is 2.15. The summed E-state index contributed by atoms with van der Waals surface area (Å²) in [7, 11) is 0. The molecule has 0 aliphatic heterocycles. The van der Waals surface area contributed by atoms with Crippen LogP contribution in [0.15, 0.2) is 24.5 Å². The van der Waals surface area contributed by atoms with Gasteiger partial charge in [0.05, 0.1) is 11.3 Å². The average Bonchev–Trinajstić information content (AvgIpc) is 3.02. The van der Waals surface area contributed by atoms with Gasteiger partial charge >= 0.3 is 0 Å². The second-order valence-electron chi connectivity index (χ2n) is 6.31. The van der Waals surface area contributed by atoms with Crippen LogP contribution in [-0.4, -0.2) is 45.2 Å². The van der Waals surface area contributed by atoms with Crippen molar-refractivity contribution in [2.75, 3.05) is 13.1 Å². The summed E-state index contributed by atoms with van der Waals surface area (Å²) in [5.74, 6) is -0.185. The lowest BCUT2D eigenvalue weighted by atomic mass is 10.1. The van der Waals surface area contributed by atoms with Crippen LogP contribution in [0.25, 0.3) is 5.69 Å². The fourth-order valence-electron chi connectivity index (χ4n) is 3.19. The lowest BCUT2D eigenvalue weighted by Gasteiger charge is -2.16. The number of hydrogen-bond acceptors (Lipinski definition) is 5. The summed E-state index contributed by atoms with van der Waals surface area (Å²) in [6, 6.07) is 5.65. The molecule has 0 bridgehead atoms. The predicted octanol–water partition coefficient (Wildman–Crippen LogP) is 2.78. The standard InChI is InChI=1S/C17H23ClN6O.ClH/c18-13-7-8-16(24-12-21-22-23-24)15(11-13)17(25)20-10-9-19-14-5-3-1-2-4-6-14;/h7-8,11-12,14,19H,1-6,9-10H2,(H,20,25);1H. The Morgan fingerprint density at radius 2 is 1.96 bits per heavy atom. The Balaban J connectivity index is 0.00000243. The van der Waals surface area contributed by atoms with Crippen molar-refractivity contribution < 1.29 is 4.79 Å². The number of hydrogen-bond donors (Lipinski definition) is 2. The van der Waals surface area contributed by atoms with E-state index in [-0.39, 0.29) is 18.3 Å². The molecule has 0 saturated heterocycles. The van der Waals surface area contributed by atoms with Gasteiger partial charge in [0, 0.05) is 24.2 Å². The minimum absolute atomic E-state index is 0. The zero-order valence-corrected chi connectivity index (χ0v) is 16.1. The fourth-order valence-corrected chi connectivity index (χ4v) is 3.36. The molecular weight excluding hydrogens is 375 g/mol. The van der Waals surface area contributed by atoms with Gasteiger partial charge in [0.2, 0.25) is 0 Å². The van der Waals surface area contributed by atoms with Gasteiger partial charge in [-0.15, -0.1) is 17.5 Å². The van der Waals surface area contributed by atoms with Crippen molar-refractivity contribution in [2.45, 2.75) is 44.6 Å². The van der Waals surface area contributed by atoms with Gasteiger partial charge in [-0.2, -0.15) is 4.68 Å². The molecule has 1 aromatic heterocycles. The summed E-state index contributed by atoms with van der Waals surface area (Å²) < 4.78 is 1.45. The van der Waals surface area contributed by atoms with Gasteiger partial charge < -0.3 is 10.6 Å². The van der Waals surface area contributed by atoms with Crippen molar-refractivity contribution in [3.63, 3.8) is 0 Å². The number of carbonyl (C=O) groups excluding carboxylic acids is 1. The largest absolute Gasteiger partial charge is 0.351 e. The van der Waals surface area contributed by atoms with Crippen LogP contribution in [0, 0.1) is 0 Å². The average molecular weight is 399 g/mol. The number of tetrazole rings is 1. The summed E-state index contributed by atoms with van der Waals surface area (Å²) in [6.07, 6.45) is 9.17. The molecule has 1 aliphatic rings. The summed E-state index contributed by atoms with van der Waals surface area (Å²) in [6.45, 7) is 1.33. The Morgan fingerprint density at radius 3 is 2.65 bits per heavy atom. The van der Waals surface area contributed by atoms with Crippen LogP contribution < -0.4 is 10.6 Å². The fraction of sp³-hybridized carbons (Fsp3) is 0.529. The van der Waals surface area contributed by atoms with E-state index >= 15 is 0 Å². The summed E-state index contributed by atoms with van der Waals surface area (Å²) in [5, 5.41) is 18.1. The number of halogens is 2. The summed E-state index contributed by atoms with van der Waals surface area (Å²) in [5.41, 5.74) is 1.05. The topological polar surface area (TPSA) is 84.7 Å². The Morgan fingerprint density at radius 1 is 1.19 bits per heavy atom. The third kappa shape index (κ3) is 5.65. The molecule has 7 nitrogen and oxygen atoms in total. The van der Waals surface area contributed by atoms with E-state index in [4.69, 9.17) is 11.6 Å². The molecule has 1 aliphatic carbocycles. The van der Waals surface area contributed by atoms with E-state index in [0.717, 1.165) is 6.54 Å². The minimum Gasteiger partial charge on any atom is -0.351 e. The lowest BCUT2D eigenvalue weighted by Crippen LogP contribution is -2.37.